The monoisotopic (exact) mass is 685 g/mol. The highest BCUT2D eigenvalue weighted by atomic mass is 35.5. The third-order valence-electron chi connectivity index (χ3n) is 8.58. The molecule has 11 nitrogen and oxygen atoms in total. The third-order valence-corrected chi connectivity index (χ3v) is 8.90. The van der Waals surface area contributed by atoms with E-state index in [0.717, 1.165) is 70.9 Å². The Bertz CT molecular complexity index is 1710. The summed E-state index contributed by atoms with van der Waals surface area (Å²) in [4.78, 5) is 37.5. The summed E-state index contributed by atoms with van der Waals surface area (Å²) in [5.74, 6) is -2.06. The topological polar surface area (TPSA) is 135 Å². The number of benzene rings is 2. The van der Waals surface area contributed by atoms with Crippen LogP contribution in [0.2, 0.25) is 5.02 Å². The first-order valence-corrected chi connectivity index (χ1v) is 15.9. The summed E-state index contributed by atoms with van der Waals surface area (Å²) in [6.45, 7) is 8.17. The number of carboxylic acid groups (broad SMARTS) is 1. The number of amides is 1. The molecule has 2 saturated heterocycles. The Morgan fingerprint density at radius 1 is 1.17 bits per heavy atom. The van der Waals surface area contributed by atoms with Crippen LogP contribution in [-0.2, 0) is 22.6 Å². The van der Waals surface area contributed by atoms with E-state index in [1.807, 2.05) is 12.1 Å². The van der Waals surface area contributed by atoms with Gasteiger partial charge in [-0.1, -0.05) is 42.4 Å². The molecule has 0 bridgehead atoms. The number of hydrogen-bond acceptors (Lipinski definition) is 9. The van der Waals surface area contributed by atoms with E-state index in [1.54, 1.807) is 4.90 Å². The van der Waals surface area contributed by atoms with Crippen molar-refractivity contribution in [2.45, 2.75) is 50.5 Å². The molecule has 6 rings (SSSR count). The number of rotatable bonds is 7. The van der Waals surface area contributed by atoms with Gasteiger partial charge in [0.25, 0.3) is 0 Å². The molecule has 48 heavy (non-hydrogen) atoms. The van der Waals surface area contributed by atoms with Crippen LogP contribution < -0.4 is 19.9 Å². The van der Waals surface area contributed by atoms with E-state index in [2.05, 4.69) is 52.0 Å². The maximum absolute atomic E-state index is 12.5. The second-order valence-electron chi connectivity index (χ2n) is 11.6. The van der Waals surface area contributed by atoms with Gasteiger partial charge in [0, 0.05) is 48.9 Å². The van der Waals surface area contributed by atoms with Crippen LogP contribution >= 0.6 is 11.6 Å². The molecular weight excluding hydrogens is 651 g/mol. The molecule has 0 aliphatic carbocycles. The predicted octanol–water partition coefficient (Wildman–Crippen LogP) is 4.73. The quantitative estimate of drug-likeness (QED) is 0.336. The maximum atomic E-state index is 12.5. The van der Waals surface area contributed by atoms with Crippen LogP contribution in [0.25, 0.3) is 10.8 Å². The molecule has 3 aliphatic rings. The van der Waals surface area contributed by atoms with Gasteiger partial charge < -0.3 is 29.9 Å². The van der Waals surface area contributed by atoms with Crippen LogP contribution in [0.1, 0.15) is 30.5 Å². The number of piperazine rings is 1. The van der Waals surface area contributed by atoms with Gasteiger partial charge >= 0.3 is 18.2 Å². The second-order valence-corrected chi connectivity index (χ2v) is 12.1. The van der Waals surface area contributed by atoms with Crippen molar-refractivity contribution in [1.29, 1.82) is 5.26 Å². The number of ether oxygens (including phenoxy) is 1. The SMILES string of the molecule is C=CC(=O)N1CCN(c2nc(OC[C@@H]3CCCN3)nc3c2CCN(c2cccc4cccc(Cl)c24)C3)C[C@@H]1CC#N.O=C(O)C(F)(F)F. The van der Waals surface area contributed by atoms with Crippen LogP contribution in [0.3, 0.4) is 0 Å². The minimum atomic E-state index is -5.08. The number of nitrogens with one attached hydrogen (secondary N) is 1. The number of anilines is 2. The number of alkyl halides is 3. The average Bonchev–Trinajstić information content (AvgIpc) is 3.60. The van der Waals surface area contributed by atoms with Gasteiger partial charge in [0.1, 0.15) is 12.4 Å². The van der Waals surface area contributed by atoms with Gasteiger partial charge in [-0.25, -0.2) is 4.79 Å². The lowest BCUT2D eigenvalue weighted by Gasteiger charge is -2.42. The Balaban J connectivity index is 0.000000582. The number of carboxylic acids is 1. The standard InChI is InChI=1S/C31H34ClN7O2.C2HF3O2/c1-2-28(40)39-17-16-38(18-23(39)11-13-33)30-24-12-15-37(27-10-4-7-21-6-3-9-25(32)29(21)27)19-26(24)35-31(36-30)41-20-22-8-5-14-34-22;3-2(4,5)1(6)7/h2-4,6-7,9-10,22-23,34H,1,5,8,11-12,14-20H2;(H,6,7)/t22-,23-;/m0./s1. The Morgan fingerprint density at radius 2 is 1.92 bits per heavy atom. The number of nitrogens with zero attached hydrogens (tertiary/aromatic N) is 6. The van der Waals surface area contributed by atoms with E-state index >= 15 is 0 Å². The van der Waals surface area contributed by atoms with E-state index in [-0.39, 0.29) is 18.4 Å². The molecule has 0 unspecified atom stereocenters. The number of halogens is 4. The first-order chi connectivity index (χ1) is 23.0. The van der Waals surface area contributed by atoms with Crippen molar-refractivity contribution in [2.75, 3.05) is 49.1 Å². The zero-order chi connectivity index (χ0) is 34.4. The molecule has 254 valence electrons. The Kier molecular flexibility index (Phi) is 10.9. The van der Waals surface area contributed by atoms with Crippen LogP contribution in [0.15, 0.2) is 49.1 Å². The van der Waals surface area contributed by atoms with E-state index in [4.69, 9.17) is 36.2 Å². The lowest BCUT2D eigenvalue weighted by Crippen LogP contribution is -2.55. The number of carbonyl (C=O) groups excluding carboxylic acids is 1. The van der Waals surface area contributed by atoms with Gasteiger partial charge in [-0.15, -0.1) is 0 Å². The van der Waals surface area contributed by atoms with Crippen LogP contribution in [0.4, 0.5) is 24.7 Å². The largest absolute Gasteiger partial charge is 0.490 e. The van der Waals surface area contributed by atoms with Crippen molar-refractivity contribution in [3.8, 4) is 12.1 Å². The zero-order valence-electron chi connectivity index (χ0n) is 26.0. The molecular formula is C33H35ClF3N7O4. The highest BCUT2D eigenvalue weighted by molar-refractivity contribution is 6.36. The zero-order valence-corrected chi connectivity index (χ0v) is 26.8. The lowest BCUT2D eigenvalue weighted by molar-refractivity contribution is -0.192. The first-order valence-electron chi connectivity index (χ1n) is 15.5. The summed E-state index contributed by atoms with van der Waals surface area (Å²) in [5, 5.41) is 23.0. The molecule has 2 aromatic carbocycles. The Hall–Kier alpha value is -4.61. The first kappa shape index (κ1) is 34.7. The number of carbonyl (C=O) groups is 2. The molecule has 4 heterocycles. The van der Waals surface area contributed by atoms with Crippen molar-refractivity contribution in [3.05, 3.63) is 65.3 Å². The minimum Gasteiger partial charge on any atom is -0.475 e. The summed E-state index contributed by atoms with van der Waals surface area (Å²) in [5.41, 5.74) is 3.11. The van der Waals surface area contributed by atoms with Gasteiger partial charge in [0.15, 0.2) is 0 Å². The van der Waals surface area contributed by atoms with Crippen molar-refractivity contribution >= 4 is 45.8 Å². The van der Waals surface area contributed by atoms with Crippen molar-refractivity contribution < 1.29 is 32.6 Å². The van der Waals surface area contributed by atoms with E-state index in [0.29, 0.717) is 44.8 Å². The lowest BCUT2D eigenvalue weighted by atomic mass is 10.0. The number of aliphatic carboxylic acids is 1. The van der Waals surface area contributed by atoms with E-state index < -0.39 is 12.1 Å². The molecule has 2 atom stereocenters. The highest BCUT2D eigenvalue weighted by Gasteiger charge is 2.38. The average molecular weight is 686 g/mol. The Morgan fingerprint density at radius 3 is 2.58 bits per heavy atom. The number of hydrogen-bond donors (Lipinski definition) is 2. The molecule has 2 N–H and O–H groups in total. The maximum Gasteiger partial charge on any atom is 0.490 e. The van der Waals surface area contributed by atoms with Gasteiger partial charge in [0.2, 0.25) is 5.91 Å². The minimum absolute atomic E-state index is 0.146. The van der Waals surface area contributed by atoms with Crippen LogP contribution in [-0.4, -0.2) is 89.4 Å². The fraction of sp³-hybridized carbons (Fsp3) is 0.424. The summed E-state index contributed by atoms with van der Waals surface area (Å²) in [6, 6.07) is 14.9. The van der Waals surface area contributed by atoms with Crippen molar-refractivity contribution in [2.24, 2.45) is 0 Å². The molecule has 2 fully saturated rings. The number of nitriles is 1. The van der Waals surface area contributed by atoms with Crippen molar-refractivity contribution in [3.63, 3.8) is 0 Å². The van der Waals surface area contributed by atoms with Gasteiger partial charge in [-0.2, -0.15) is 28.4 Å². The smallest absolute Gasteiger partial charge is 0.475 e. The number of aromatic nitrogens is 2. The predicted molar refractivity (Wildman–Crippen MR) is 174 cm³/mol. The molecule has 3 aliphatic heterocycles. The normalized spacial score (nSPS) is 19.2. The van der Waals surface area contributed by atoms with Crippen LogP contribution in [0.5, 0.6) is 6.01 Å². The van der Waals surface area contributed by atoms with Gasteiger partial charge in [0.05, 0.1) is 35.8 Å². The summed E-state index contributed by atoms with van der Waals surface area (Å²) >= 11 is 6.68. The van der Waals surface area contributed by atoms with E-state index in [9.17, 15) is 23.2 Å². The highest BCUT2D eigenvalue weighted by Crippen LogP contribution is 2.37. The molecule has 1 amide bonds. The fourth-order valence-corrected chi connectivity index (χ4v) is 6.55. The van der Waals surface area contributed by atoms with Gasteiger partial charge in [-0.05, 0) is 49.4 Å². The number of fused-ring (bicyclic) bond motifs is 2. The van der Waals surface area contributed by atoms with Crippen molar-refractivity contribution in [1.82, 2.24) is 20.2 Å². The molecule has 0 spiro atoms. The molecule has 1 aromatic heterocycles. The molecule has 15 heteroatoms. The molecule has 3 aromatic rings. The molecule has 0 saturated carbocycles. The Labute approximate surface area is 280 Å². The van der Waals surface area contributed by atoms with Crippen LogP contribution in [0, 0.1) is 11.3 Å². The second kappa shape index (κ2) is 15.1. The molecule has 0 radical (unpaired) electrons. The summed E-state index contributed by atoms with van der Waals surface area (Å²) in [6.07, 6.45) is -0.548. The summed E-state index contributed by atoms with van der Waals surface area (Å²) < 4.78 is 37.9. The van der Waals surface area contributed by atoms with Gasteiger partial charge in [-0.3, -0.25) is 4.79 Å². The van der Waals surface area contributed by atoms with E-state index in [1.165, 1.54) is 6.08 Å². The summed E-state index contributed by atoms with van der Waals surface area (Å²) in [7, 11) is 0. The third kappa shape index (κ3) is 7.91. The fourth-order valence-electron chi connectivity index (χ4n) is 6.27.